The van der Waals surface area contributed by atoms with E-state index in [1.807, 2.05) is 60.7 Å². The van der Waals surface area contributed by atoms with Crippen molar-refractivity contribution in [2.45, 2.75) is 12.5 Å². The van der Waals surface area contributed by atoms with E-state index in [1.165, 1.54) is 22.0 Å². The van der Waals surface area contributed by atoms with Crippen LogP contribution in [0, 0.1) is 0 Å². The summed E-state index contributed by atoms with van der Waals surface area (Å²) >= 11 is 0. The van der Waals surface area contributed by atoms with Gasteiger partial charge < -0.3 is 10.0 Å². The highest BCUT2D eigenvalue weighted by molar-refractivity contribution is 5.95. The number of aromatic nitrogens is 2. The number of nitrogens with zero attached hydrogens (tertiary/aromatic N) is 3. The summed E-state index contributed by atoms with van der Waals surface area (Å²) in [6.07, 6.45) is 1.48. The van der Waals surface area contributed by atoms with Crippen LogP contribution in [0.15, 0.2) is 91.1 Å². The monoisotopic (exact) mass is 395 g/mol. The fourth-order valence-electron chi connectivity index (χ4n) is 4.11. The molecule has 0 spiro atoms. The Morgan fingerprint density at radius 2 is 1.57 bits per heavy atom. The Bertz CT molecular complexity index is 1190. The van der Waals surface area contributed by atoms with Crippen molar-refractivity contribution in [1.29, 1.82) is 0 Å². The fourth-order valence-corrected chi connectivity index (χ4v) is 4.11. The number of carbonyl (C=O) groups excluding carboxylic acids is 1. The van der Waals surface area contributed by atoms with Gasteiger partial charge in [0.15, 0.2) is 11.4 Å². The number of carbonyl (C=O) groups is 1. The van der Waals surface area contributed by atoms with E-state index >= 15 is 0 Å². The average Bonchev–Trinajstić information content (AvgIpc) is 3.20. The third kappa shape index (κ3) is 3.24. The van der Waals surface area contributed by atoms with Crippen molar-refractivity contribution in [3.05, 3.63) is 114 Å². The molecule has 0 radical (unpaired) electrons. The first-order valence-corrected chi connectivity index (χ1v) is 9.97. The fraction of sp³-hybridized carbons (Fsp3) is 0.120. The summed E-state index contributed by atoms with van der Waals surface area (Å²) in [5.41, 5.74) is 4.39. The summed E-state index contributed by atoms with van der Waals surface area (Å²) in [6, 6.07) is 27.9. The normalized spacial score (nSPS) is 15.6. The van der Waals surface area contributed by atoms with E-state index in [-0.39, 0.29) is 23.3 Å². The summed E-state index contributed by atoms with van der Waals surface area (Å²) in [5.74, 6) is -0.296. The van der Waals surface area contributed by atoms with Crippen molar-refractivity contribution in [2.75, 3.05) is 6.54 Å². The van der Waals surface area contributed by atoms with Gasteiger partial charge in [0.05, 0.1) is 11.9 Å². The van der Waals surface area contributed by atoms with Gasteiger partial charge in [0.25, 0.3) is 5.91 Å². The van der Waals surface area contributed by atoms with E-state index < -0.39 is 0 Å². The lowest BCUT2D eigenvalue weighted by molar-refractivity contribution is 0.0715. The van der Waals surface area contributed by atoms with Gasteiger partial charge in [-0.3, -0.25) is 4.79 Å². The van der Waals surface area contributed by atoms with Gasteiger partial charge in [0.1, 0.15) is 0 Å². The predicted molar refractivity (Wildman–Crippen MR) is 115 cm³/mol. The molecule has 4 aromatic rings. The molecule has 1 atom stereocenters. The van der Waals surface area contributed by atoms with Gasteiger partial charge in [-0.1, -0.05) is 72.8 Å². The molecule has 1 aromatic heterocycles. The van der Waals surface area contributed by atoms with Crippen molar-refractivity contribution in [1.82, 2.24) is 14.7 Å². The van der Waals surface area contributed by atoms with Gasteiger partial charge >= 0.3 is 0 Å². The van der Waals surface area contributed by atoms with Gasteiger partial charge in [-0.2, -0.15) is 5.10 Å². The molecule has 148 valence electrons. The second-order valence-electron chi connectivity index (χ2n) is 7.49. The minimum atomic E-state index is -0.266. The van der Waals surface area contributed by atoms with Gasteiger partial charge in [0.2, 0.25) is 0 Å². The molecule has 1 aliphatic heterocycles. The number of hydrogen-bond acceptors (Lipinski definition) is 3. The molecular formula is C25H21N3O2. The maximum Gasteiger partial charge on any atom is 0.278 e. The predicted octanol–water partition coefficient (Wildman–Crippen LogP) is 4.37. The first-order chi connectivity index (χ1) is 14.7. The first-order valence-electron chi connectivity index (χ1n) is 9.97. The smallest absolute Gasteiger partial charge is 0.278 e. The molecule has 0 saturated heterocycles. The number of para-hydroxylation sites is 1. The molecule has 0 fully saturated rings. The Labute approximate surface area is 174 Å². The molecule has 5 rings (SSSR count). The molecule has 1 amide bonds. The molecule has 0 saturated carbocycles. The van der Waals surface area contributed by atoms with Gasteiger partial charge in [0, 0.05) is 19.0 Å². The number of amides is 1. The van der Waals surface area contributed by atoms with Crippen LogP contribution in [0.3, 0.4) is 0 Å². The Kier molecular flexibility index (Phi) is 4.56. The molecule has 0 bridgehead atoms. The number of aromatic hydroxyl groups is 1. The topological polar surface area (TPSA) is 58.4 Å². The summed E-state index contributed by atoms with van der Waals surface area (Å²) in [5, 5.41) is 14.8. The molecule has 5 nitrogen and oxygen atoms in total. The van der Waals surface area contributed by atoms with E-state index in [0.717, 1.165) is 11.3 Å². The van der Waals surface area contributed by atoms with Crippen LogP contribution in [0.4, 0.5) is 0 Å². The molecule has 1 aliphatic rings. The van der Waals surface area contributed by atoms with Crippen LogP contribution < -0.4 is 0 Å². The zero-order valence-electron chi connectivity index (χ0n) is 16.3. The van der Waals surface area contributed by atoms with Crippen LogP contribution in [0.25, 0.3) is 5.69 Å². The Morgan fingerprint density at radius 3 is 2.33 bits per heavy atom. The molecule has 2 heterocycles. The van der Waals surface area contributed by atoms with E-state index in [4.69, 9.17) is 0 Å². The summed E-state index contributed by atoms with van der Waals surface area (Å²) in [4.78, 5) is 15.1. The van der Waals surface area contributed by atoms with Crippen molar-refractivity contribution in [2.24, 2.45) is 0 Å². The Morgan fingerprint density at radius 1 is 0.900 bits per heavy atom. The van der Waals surface area contributed by atoms with Crippen LogP contribution in [-0.4, -0.2) is 32.2 Å². The highest BCUT2D eigenvalue weighted by Crippen LogP contribution is 2.34. The van der Waals surface area contributed by atoms with E-state index in [9.17, 15) is 9.90 Å². The molecule has 5 heteroatoms. The van der Waals surface area contributed by atoms with E-state index in [2.05, 4.69) is 29.4 Å². The average molecular weight is 395 g/mol. The number of benzene rings is 3. The molecule has 1 N–H and O–H groups in total. The van der Waals surface area contributed by atoms with E-state index in [0.29, 0.717) is 13.1 Å². The third-order valence-corrected chi connectivity index (χ3v) is 5.60. The number of fused-ring (bicyclic) bond motifs is 1. The van der Waals surface area contributed by atoms with Crippen LogP contribution in [0.5, 0.6) is 5.75 Å². The SMILES string of the molecule is O=C(c1nn(-c2ccccc2)cc1O)N1Cc2ccccc2C(c2ccccc2)C1. The molecule has 3 aromatic carbocycles. The van der Waals surface area contributed by atoms with Crippen LogP contribution in [0.1, 0.15) is 33.1 Å². The molecule has 1 unspecified atom stereocenters. The summed E-state index contributed by atoms with van der Waals surface area (Å²) < 4.78 is 1.54. The van der Waals surface area contributed by atoms with Crippen molar-refractivity contribution in [3.8, 4) is 11.4 Å². The Hall–Kier alpha value is -3.86. The highest BCUT2D eigenvalue weighted by atomic mass is 16.3. The lowest BCUT2D eigenvalue weighted by Gasteiger charge is -2.34. The highest BCUT2D eigenvalue weighted by Gasteiger charge is 2.31. The molecule has 0 aliphatic carbocycles. The quantitative estimate of drug-likeness (QED) is 0.561. The molecule has 30 heavy (non-hydrogen) atoms. The zero-order chi connectivity index (χ0) is 20.5. The van der Waals surface area contributed by atoms with Crippen LogP contribution in [-0.2, 0) is 6.54 Å². The second kappa shape index (κ2) is 7.52. The van der Waals surface area contributed by atoms with Gasteiger partial charge in [-0.15, -0.1) is 0 Å². The number of hydrogen-bond donors (Lipinski definition) is 1. The lowest BCUT2D eigenvalue weighted by atomic mass is 9.84. The van der Waals surface area contributed by atoms with Gasteiger partial charge in [-0.25, -0.2) is 4.68 Å². The summed E-state index contributed by atoms with van der Waals surface area (Å²) in [7, 11) is 0. The number of rotatable bonds is 3. The minimum absolute atomic E-state index is 0.0741. The largest absolute Gasteiger partial charge is 0.504 e. The minimum Gasteiger partial charge on any atom is -0.504 e. The maximum atomic E-state index is 13.3. The van der Waals surface area contributed by atoms with Crippen molar-refractivity contribution >= 4 is 5.91 Å². The lowest BCUT2D eigenvalue weighted by Crippen LogP contribution is -2.38. The Balaban J connectivity index is 1.49. The standard InChI is InChI=1S/C25H21N3O2/c29-23-17-28(20-12-5-2-6-13-20)26-24(23)25(30)27-15-19-11-7-8-14-21(19)22(16-27)18-9-3-1-4-10-18/h1-14,17,22,29H,15-16H2. The van der Waals surface area contributed by atoms with E-state index in [1.54, 1.807) is 4.90 Å². The van der Waals surface area contributed by atoms with Gasteiger partial charge in [-0.05, 0) is 28.8 Å². The first kappa shape index (κ1) is 18.2. The van der Waals surface area contributed by atoms with Crippen molar-refractivity contribution < 1.29 is 9.90 Å². The maximum absolute atomic E-state index is 13.3. The van der Waals surface area contributed by atoms with Crippen LogP contribution >= 0.6 is 0 Å². The van der Waals surface area contributed by atoms with Crippen LogP contribution in [0.2, 0.25) is 0 Å². The summed E-state index contributed by atoms with van der Waals surface area (Å²) in [6.45, 7) is 1.04. The third-order valence-electron chi connectivity index (χ3n) is 5.60. The zero-order valence-corrected chi connectivity index (χ0v) is 16.3. The van der Waals surface area contributed by atoms with Crippen molar-refractivity contribution in [3.63, 3.8) is 0 Å². The second-order valence-corrected chi connectivity index (χ2v) is 7.49. The molecular weight excluding hydrogens is 374 g/mol.